The SMILES string of the molecule is CS(=O)(=O)CC1CC2COCCC2O1. The average molecular weight is 220 g/mol. The van der Waals surface area contributed by atoms with E-state index in [2.05, 4.69) is 0 Å². The summed E-state index contributed by atoms with van der Waals surface area (Å²) in [5.74, 6) is 0.565. The monoisotopic (exact) mass is 220 g/mol. The maximum absolute atomic E-state index is 11.1. The molecule has 0 saturated carbocycles. The Morgan fingerprint density at radius 2 is 2.21 bits per heavy atom. The molecule has 82 valence electrons. The molecule has 0 aromatic heterocycles. The van der Waals surface area contributed by atoms with Crippen LogP contribution < -0.4 is 0 Å². The van der Waals surface area contributed by atoms with Gasteiger partial charge in [-0.3, -0.25) is 0 Å². The van der Waals surface area contributed by atoms with E-state index in [1.54, 1.807) is 0 Å². The standard InChI is InChI=1S/C9H16O4S/c1-14(10,11)6-8-4-7-5-12-3-2-9(7)13-8/h7-9H,2-6H2,1H3. The van der Waals surface area contributed by atoms with Gasteiger partial charge in [0.05, 0.1) is 24.6 Å². The highest BCUT2D eigenvalue weighted by atomic mass is 32.2. The van der Waals surface area contributed by atoms with Gasteiger partial charge in [0.2, 0.25) is 0 Å². The summed E-state index contributed by atoms with van der Waals surface area (Å²) in [5, 5.41) is 0. The van der Waals surface area contributed by atoms with E-state index in [1.165, 1.54) is 6.26 Å². The van der Waals surface area contributed by atoms with Crippen molar-refractivity contribution < 1.29 is 17.9 Å². The summed E-state index contributed by atoms with van der Waals surface area (Å²) in [4.78, 5) is 0. The van der Waals surface area contributed by atoms with Gasteiger partial charge in [0.25, 0.3) is 0 Å². The van der Waals surface area contributed by atoms with Gasteiger partial charge < -0.3 is 9.47 Å². The number of hydrogen-bond donors (Lipinski definition) is 0. The smallest absolute Gasteiger partial charge is 0.150 e. The molecule has 0 aromatic rings. The predicted octanol–water partition coefficient (Wildman–Crippen LogP) is 0.225. The summed E-state index contributed by atoms with van der Waals surface area (Å²) in [6, 6.07) is 0. The summed E-state index contributed by atoms with van der Waals surface area (Å²) >= 11 is 0. The molecular formula is C9H16O4S. The van der Waals surface area contributed by atoms with Crippen LogP contribution in [-0.4, -0.2) is 45.8 Å². The molecule has 14 heavy (non-hydrogen) atoms. The normalized spacial score (nSPS) is 38.2. The highest BCUT2D eigenvalue weighted by Crippen LogP contribution is 2.32. The van der Waals surface area contributed by atoms with Gasteiger partial charge in [-0.25, -0.2) is 8.42 Å². The molecule has 2 aliphatic heterocycles. The van der Waals surface area contributed by atoms with Gasteiger partial charge in [0, 0.05) is 18.8 Å². The molecule has 0 spiro atoms. The topological polar surface area (TPSA) is 52.6 Å². The van der Waals surface area contributed by atoms with Crippen molar-refractivity contribution in [2.75, 3.05) is 25.2 Å². The molecule has 2 aliphatic rings. The first-order chi connectivity index (χ1) is 6.54. The van der Waals surface area contributed by atoms with Gasteiger partial charge in [-0.05, 0) is 12.8 Å². The maximum Gasteiger partial charge on any atom is 0.150 e. The van der Waals surface area contributed by atoms with Crippen molar-refractivity contribution in [3.05, 3.63) is 0 Å². The van der Waals surface area contributed by atoms with Crippen molar-refractivity contribution >= 4 is 9.84 Å². The van der Waals surface area contributed by atoms with E-state index in [4.69, 9.17) is 9.47 Å². The van der Waals surface area contributed by atoms with Crippen molar-refractivity contribution in [3.63, 3.8) is 0 Å². The summed E-state index contributed by atoms with van der Waals surface area (Å²) in [6.07, 6.45) is 3.12. The van der Waals surface area contributed by atoms with E-state index >= 15 is 0 Å². The Morgan fingerprint density at radius 1 is 1.43 bits per heavy atom. The zero-order chi connectivity index (χ0) is 10.2. The van der Waals surface area contributed by atoms with E-state index in [0.717, 1.165) is 26.1 Å². The van der Waals surface area contributed by atoms with Crippen LogP contribution in [0.2, 0.25) is 0 Å². The predicted molar refractivity (Wildman–Crippen MR) is 51.9 cm³/mol. The molecule has 2 fully saturated rings. The van der Waals surface area contributed by atoms with Crippen molar-refractivity contribution in [1.82, 2.24) is 0 Å². The minimum atomic E-state index is -2.92. The van der Waals surface area contributed by atoms with Gasteiger partial charge in [-0.15, -0.1) is 0 Å². The first kappa shape index (κ1) is 10.4. The van der Waals surface area contributed by atoms with Crippen LogP contribution in [0.25, 0.3) is 0 Å². The lowest BCUT2D eigenvalue weighted by atomic mass is 9.97. The zero-order valence-electron chi connectivity index (χ0n) is 8.31. The van der Waals surface area contributed by atoms with Crippen LogP contribution >= 0.6 is 0 Å². The average Bonchev–Trinajstić information content (AvgIpc) is 2.42. The minimum absolute atomic E-state index is 0.110. The van der Waals surface area contributed by atoms with Crippen molar-refractivity contribution in [2.24, 2.45) is 5.92 Å². The maximum atomic E-state index is 11.1. The molecule has 3 atom stereocenters. The molecule has 0 aromatic carbocycles. The number of rotatable bonds is 2. The second-order valence-electron chi connectivity index (χ2n) is 4.25. The molecule has 2 rings (SSSR count). The fourth-order valence-electron chi connectivity index (χ4n) is 2.26. The molecule has 3 unspecified atom stereocenters. The lowest BCUT2D eigenvalue weighted by molar-refractivity contribution is -0.0332. The van der Waals surface area contributed by atoms with E-state index in [9.17, 15) is 8.42 Å². The molecule has 0 radical (unpaired) electrons. The fraction of sp³-hybridized carbons (Fsp3) is 1.00. The Hall–Kier alpha value is -0.130. The lowest BCUT2D eigenvalue weighted by Crippen LogP contribution is -2.28. The quantitative estimate of drug-likeness (QED) is 0.668. The van der Waals surface area contributed by atoms with Gasteiger partial charge >= 0.3 is 0 Å². The second kappa shape index (κ2) is 3.79. The minimum Gasteiger partial charge on any atom is -0.381 e. The van der Waals surface area contributed by atoms with Crippen LogP contribution in [-0.2, 0) is 19.3 Å². The highest BCUT2D eigenvalue weighted by molar-refractivity contribution is 7.90. The summed E-state index contributed by atoms with van der Waals surface area (Å²) in [7, 11) is -2.92. The molecule has 0 N–H and O–H groups in total. The van der Waals surface area contributed by atoms with Crippen molar-refractivity contribution in [2.45, 2.75) is 25.0 Å². The fourth-order valence-corrected chi connectivity index (χ4v) is 3.15. The molecule has 0 bridgehead atoms. The van der Waals surface area contributed by atoms with Gasteiger partial charge in [0.15, 0.2) is 0 Å². The Balaban J connectivity index is 1.93. The van der Waals surface area contributed by atoms with Gasteiger partial charge in [0.1, 0.15) is 9.84 Å². The molecule has 0 aliphatic carbocycles. The van der Waals surface area contributed by atoms with Crippen LogP contribution in [0.15, 0.2) is 0 Å². The van der Waals surface area contributed by atoms with Crippen LogP contribution in [0.4, 0.5) is 0 Å². The zero-order valence-corrected chi connectivity index (χ0v) is 9.13. The van der Waals surface area contributed by atoms with Crippen molar-refractivity contribution in [1.29, 1.82) is 0 Å². The molecular weight excluding hydrogens is 204 g/mol. The number of fused-ring (bicyclic) bond motifs is 1. The second-order valence-corrected chi connectivity index (χ2v) is 6.43. The van der Waals surface area contributed by atoms with Gasteiger partial charge in [-0.2, -0.15) is 0 Å². The number of hydrogen-bond acceptors (Lipinski definition) is 4. The van der Waals surface area contributed by atoms with Crippen LogP contribution in [0.3, 0.4) is 0 Å². The van der Waals surface area contributed by atoms with Crippen LogP contribution in [0.5, 0.6) is 0 Å². The van der Waals surface area contributed by atoms with Crippen molar-refractivity contribution in [3.8, 4) is 0 Å². The summed E-state index contributed by atoms with van der Waals surface area (Å²) in [6.45, 7) is 1.47. The largest absolute Gasteiger partial charge is 0.381 e. The molecule has 4 nitrogen and oxygen atoms in total. The van der Waals surface area contributed by atoms with Crippen LogP contribution in [0.1, 0.15) is 12.8 Å². The van der Waals surface area contributed by atoms with E-state index in [-0.39, 0.29) is 18.0 Å². The van der Waals surface area contributed by atoms with E-state index in [1.807, 2.05) is 0 Å². The number of ether oxygens (including phenoxy) is 2. The third-order valence-corrected chi connectivity index (χ3v) is 3.80. The third-order valence-electron chi connectivity index (χ3n) is 2.83. The van der Waals surface area contributed by atoms with E-state index in [0.29, 0.717) is 5.92 Å². The molecule has 2 heterocycles. The Kier molecular flexibility index (Phi) is 2.81. The first-order valence-electron chi connectivity index (χ1n) is 4.95. The molecule has 0 amide bonds. The Labute approximate surface area is 84.5 Å². The summed E-state index contributed by atoms with van der Waals surface area (Å²) < 4.78 is 33.2. The Morgan fingerprint density at radius 3 is 2.86 bits per heavy atom. The molecule has 2 saturated heterocycles. The summed E-state index contributed by atoms with van der Waals surface area (Å²) in [5.41, 5.74) is 0. The Bertz CT molecular complexity index is 284. The van der Waals surface area contributed by atoms with Gasteiger partial charge in [-0.1, -0.05) is 0 Å². The van der Waals surface area contributed by atoms with Crippen LogP contribution in [0, 0.1) is 5.92 Å². The highest BCUT2D eigenvalue weighted by Gasteiger charge is 2.38. The first-order valence-corrected chi connectivity index (χ1v) is 7.01. The lowest BCUT2D eigenvalue weighted by Gasteiger charge is -2.23. The van der Waals surface area contributed by atoms with E-state index < -0.39 is 9.84 Å². The third kappa shape index (κ3) is 2.46. The number of sulfone groups is 1. The molecule has 5 heteroatoms.